The highest BCUT2D eigenvalue weighted by molar-refractivity contribution is 5.98. The van der Waals surface area contributed by atoms with Gasteiger partial charge < -0.3 is 15.3 Å². The Hall–Kier alpha value is -3.35. The van der Waals surface area contributed by atoms with Crippen molar-refractivity contribution in [3.8, 4) is 11.1 Å². The van der Waals surface area contributed by atoms with Crippen molar-refractivity contribution < 1.29 is 14.7 Å². The monoisotopic (exact) mass is 394 g/mol. The lowest BCUT2D eigenvalue weighted by atomic mass is 9.92. The van der Waals surface area contributed by atoms with Gasteiger partial charge in [-0.1, -0.05) is 35.5 Å². The van der Waals surface area contributed by atoms with Gasteiger partial charge in [0.1, 0.15) is 11.3 Å². The number of carbonyl (C=O) groups excluding carboxylic acids is 1. The number of nitrogens with one attached hydrogen (secondary N) is 2. The normalized spacial score (nSPS) is 12.4. The van der Waals surface area contributed by atoms with E-state index >= 15 is 0 Å². The van der Waals surface area contributed by atoms with Crippen molar-refractivity contribution in [3.05, 3.63) is 53.7 Å². The molecule has 0 unspecified atom stereocenters. The maximum atomic E-state index is 12.1. The van der Waals surface area contributed by atoms with Gasteiger partial charge in [0, 0.05) is 5.39 Å². The zero-order valence-corrected chi connectivity index (χ0v) is 17.3. The van der Waals surface area contributed by atoms with Gasteiger partial charge in [-0.2, -0.15) is 5.10 Å². The molecular formula is C22H26N4O3. The fourth-order valence-corrected chi connectivity index (χ4v) is 3.08. The second-order valence-corrected chi connectivity index (χ2v) is 8.44. The number of nitrogens with zero attached hydrogens (tertiary/aromatic N) is 2. The van der Waals surface area contributed by atoms with Gasteiger partial charge in [0.15, 0.2) is 0 Å². The number of carbonyl (C=O) groups is 1. The van der Waals surface area contributed by atoms with E-state index in [1.54, 1.807) is 0 Å². The smallest absolute Gasteiger partial charge is 0.408 e. The van der Waals surface area contributed by atoms with Crippen LogP contribution in [-0.2, 0) is 10.3 Å². The summed E-state index contributed by atoms with van der Waals surface area (Å²) in [6.45, 7) is 9.38. The molecule has 29 heavy (non-hydrogen) atoms. The lowest BCUT2D eigenvalue weighted by Crippen LogP contribution is -2.43. The number of aromatic amines is 1. The Bertz CT molecular complexity index is 1040. The van der Waals surface area contributed by atoms with E-state index < -0.39 is 17.2 Å². The van der Waals surface area contributed by atoms with Crippen molar-refractivity contribution in [2.45, 2.75) is 45.8 Å². The molecule has 3 aromatic rings. The topological polar surface area (TPSA) is 99.6 Å². The largest absolute Gasteiger partial charge is 0.444 e. The van der Waals surface area contributed by atoms with Crippen molar-refractivity contribution in [3.63, 3.8) is 0 Å². The number of ether oxygens (including phenoxy) is 1. The second-order valence-electron chi connectivity index (χ2n) is 8.44. The zero-order chi connectivity index (χ0) is 21.2. The highest BCUT2D eigenvalue weighted by Crippen LogP contribution is 2.28. The molecule has 0 aliphatic rings. The number of oxime groups is 1. The van der Waals surface area contributed by atoms with Crippen molar-refractivity contribution in [1.82, 2.24) is 15.5 Å². The lowest BCUT2D eigenvalue weighted by molar-refractivity contribution is 0.0470. The minimum atomic E-state index is -0.583. The lowest BCUT2D eigenvalue weighted by Gasteiger charge is -2.29. The number of H-pyrrole nitrogens is 1. The van der Waals surface area contributed by atoms with Gasteiger partial charge in [-0.05, 0) is 63.4 Å². The molecule has 0 saturated heterocycles. The maximum absolute atomic E-state index is 12.1. The van der Waals surface area contributed by atoms with Crippen LogP contribution in [0, 0.1) is 0 Å². The van der Waals surface area contributed by atoms with Crippen LogP contribution in [0.1, 0.15) is 45.9 Å². The minimum absolute atomic E-state index is 0.449. The van der Waals surface area contributed by atoms with E-state index in [0.29, 0.717) is 5.69 Å². The first-order valence-corrected chi connectivity index (χ1v) is 9.37. The summed E-state index contributed by atoms with van der Waals surface area (Å²) in [5, 5.41) is 22.7. The molecule has 1 amide bonds. The van der Waals surface area contributed by atoms with Crippen LogP contribution in [0.4, 0.5) is 4.79 Å². The van der Waals surface area contributed by atoms with Gasteiger partial charge in [-0.3, -0.25) is 5.10 Å². The zero-order valence-electron chi connectivity index (χ0n) is 17.3. The molecule has 3 N–H and O–H groups in total. The number of hydrogen-bond acceptors (Lipinski definition) is 5. The molecule has 7 nitrogen and oxygen atoms in total. The van der Waals surface area contributed by atoms with Gasteiger partial charge in [-0.15, -0.1) is 0 Å². The van der Waals surface area contributed by atoms with Gasteiger partial charge in [0.2, 0.25) is 0 Å². The fraction of sp³-hybridized carbons (Fsp3) is 0.318. The molecule has 1 heterocycles. The first kappa shape index (κ1) is 20.4. The molecule has 0 aliphatic carbocycles. The Morgan fingerprint density at radius 3 is 2.38 bits per heavy atom. The number of amides is 1. The molecule has 152 valence electrons. The van der Waals surface area contributed by atoms with E-state index in [-0.39, 0.29) is 0 Å². The van der Waals surface area contributed by atoms with E-state index in [1.165, 1.54) is 6.21 Å². The Labute approximate surface area is 169 Å². The summed E-state index contributed by atoms with van der Waals surface area (Å²) in [6, 6.07) is 13.9. The number of benzene rings is 2. The van der Waals surface area contributed by atoms with E-state index in [9.17, 15) is 4.79 Å². The van der Waals surface area contributed by atoms with Crippen LogP contribution in [0.3, 0.4) is 0 Å². The standard InChI is InChI=1S/C22H26N4O3/c1-21(2,3)29-20(27)24-22(4,5)16-9-6-14(7-10-16)15-8-11-18-17(12-15)19(13-23-28)26-25-18/h6-13,28H,1-5H3,(H,24,27)(H,25,26)/b23-13+. The Morgan fingerprint density at radius 1 is 1.10 bits per heavy atom. The van der Waals surface area contributed by atoms with Crippen LogP contribution in [0.25, 0.3) is 22.0 Å². The predicted molar refractivity (Wildman–Crippen MR) is 113 cm³/mol. The third kappa shape index (κ3) is 4.74. The fourth-order valence-electron chi connectivity index (χ4n) is 3.08. The molecule has 0 radical (unpaired) electrons. The predicted octanol–water partition coefficient (Wildman–Crippen LogP) is 4.80. The van der Waals surface area contributed by atoms with Gasteiger partial charge in [-0.25, -0.2) is 4.79 Å². The molecule has 0 aliphatic heterocycles. The number of hydrogen-bond donors (Lipinski definition) is 3. The van der Waals surface area contributed by atoms with E-state index in [1.807, 2.05) is 77.1 Å². The molecule has 7 heteroatoms. The van der Waals surface area contributed by atoms with Crippen molar-refractivity contribution in [1.29, 1.82) is 0 Å². The average molecular weight is 394 g/mol. The van der Waals surface area contributed by atoms with Gasteiger partial charge >= 0.3 is 6.09 Å². The van der Waals surface area contributed by atoms with Crippen LogP contribution in [0.5, 0.6) is 0 Å². The van der Waals surface area contributed by atoms with Crippen molar-refractivity contribution in [2.24, 2.45) is 5.16 Å². The summed E-state index contributed by atoms with van der Waals surface area (Å²) in [5.74, 6) is 0. The van der Waals surface area contributed by atoms with E-state index in [4.69, 9.17) is 9.94 Å². The van der Waals surface area contributed by atoms with E-state index in [0.717, 1.165) is 27.6 Å². The number of alkyl carbamates (subject to hydrolysis) is 1. The maximum Gasteiger partial charge on any atom is 0.408 e. The van der Waals surface area contributed by atoms with Crippen molar-refractivity contribution >= 4 is 23.2 Å². The molecule has 0 fully saturated rings. The average Bonchev–Trinajstić information content (AvgIpc) is 3.02. The van der Waals surface area contributed by atoms with Crippen LogP contribution >= 0.6 is 0 Å². The van der Waals surface area contributed by atoms with Gasteiger partial charge in [0.25, 0.3) is 0 Å². The Morgan fingerprint density at radius 2 is 1.76 bits per heavy atom. The highest BCUT2D eigenvalue weighted by atomic mass is 16.6. The number of rotatable bonds is 4. The minimum Gasteiger partial charge on any atom is -0.444 e. The third-order valence-electron chi connectivity index (χ3n) is 4.53. The SMILES string of the molecule is CC(C)(C)OC(=O)NC(C)(C)c1ccc(-c2ccc3[nH]nc(/C=N/O)c3c2)cc1. The Balaban J connectivity index is 1.83. The molecule has 2 aromatic carbocycles. The molecule has 1 aromatic heterocycles. The molecular weight excluding hydrogens is 368 g/mol. The molecule has 0 bridgehead atoms. The first-order valence-electron chi connectivity index (χ1n) is 9.37. The van der Waals surface area contributed by atoms with E-state index in [2.05, 4.69) is 20.7 Å². The second kappa shape index (κ2) is 7.58. The molecule has 3 rings (SSSR count). The van der Waals surface area contributed by atoms with Gasteiger partial charge in [0.05, 0.1) is 17.3 Å². The molecule has 0 spiro atoms. The summed E-state index contributed by atoms with van der Waals surface area (Å²) in [5.41, 5.74) is 3.30. The summed E-state index contributed by atoms with van der Waals surface area (Å²) in [6.07, 6.45) is 0.853. The first-order chi connectivity index (χ1) is 13.6. The summed E-state index contributed by atoms with van der Waals surface area (Å²) >= 11 is 0. The van der Waals surface area contributed by atoms with Crippen LogP contribution in [-0.4, -0.2) is 33.3 Å². The van der Waals surface area contributed by atoms with Crippen molar-refractivity contribution in [2.75, 3.05) is 0 Å². The van der Waals surface area contributed by atoms with Crippen LogP contribution in [0.2, 0.25) is 0 Å². The third-order valence-corrected chi connectivity index (χ3v) is 4.53. The quantitative estimate of drug-likeness (QED) is 0.336. The molecule has 0 saturated carbocycles. The summed E-state index contributed by atoms with van der Waals surface area (Å²) < 4.78 is 5.37. The van der Waals surface area contributed by atoms with Crippen LogP contribution in [0.15, 0.2) is 47.6 Å². The number of fused-ring (bicyclic) bond motifs is 1. The molecule has 0 atom stereocenters. The number of aromatic nitrogens is 2. The Kier molecular flexibility index (Phi) is 5.33. The van der Waals surface area contributed by atoms with Crippen LogP contribution < -0.4 is 5.32 Å². The summed E-state index contributed by atoms with van der Waals surface area (Å²) in [4.78, 5) is 12.1. The highest BCUT2D eigenvalue weighted by Gasteiger charge is 2.26. The summed E-state index contributed by atoms with van der Waals surface area (Å²) in [7, 11) is 0.